The van der Waals surface area contributed by atoms with Crippen LogP contribution in [-0.4, -0.2) is 60.5 Å². The van der Waals surface area contributed by atoms with E-state index in [2.05, 4.69) is 38.7 Å². The van der Waals surface area contributed by atoms with E-state index in [9.17, 15) is 31.2 Å². The number of likely N-dealkylation sites (tertiary alicyclic amines) is 1. The second-order valence-corrected chi connectivity index (χ2v) is 16.5. The lowest BCUT2D eigenvalue weighted by molar-refractivity contribution is -0.135. The Morgan fingerprint density at radius 1 is 0.962 bits per heavy atom. The van der Waals surface area contributed by atoms with Crippen LogP contribution in [0.4, 0.5) is 18.0 Å². The van der Waals surface area contributed by atoms with Gasteiger partial charge in [0.25, 0.3) is 0 Å². The van der Waals surface area contributed by atoms with Gasteiger partial charge < -0.3 is 24.1 Å². The maximum atomic E-state index is 13.7. The molecule has 3 aromatic carbocycles. The molecule has 2 amide bonds. The number of nitrogens with zero attached hydrogens (tertiary/aromatic N) is 2. The van der Waals surface area contributed by atoms with Gasteiger partial charge in [0.05, 0.1) is 24.2 Å². The predicted octanol–water partition coefficient (Wildman–Crippen LogP) is 7.71. The van der Waals surface area contributed by atoms with E-state index >= 15 is 0 Å². The van der Waals surface area contributed by atoms with E-state index in [0.29, 0.717) is 49.0 Å². The SMILES string of the molecule is COC(=O)N[C@H](C(=O)N1CCC[C@H]1c1nc2ccc(-c3ccc(-c4ccc(OS(=O)(=O)C(F)(F)F)c5c4CCC5)c4c3CC3CCC43)cc2[nH]1)C(C)C. The van der Waals surface area contributed by atoms with Crippen molar-refractivity contribution in [3.05, 3.63) is 70.5 Å². The molecule has 1 saturated carbocycles. The lowest BCUT2D eigenvalue weighted by atomic mass is 9.72. The number of aromatic nitrogens is 2. The van der Waals surface area contributed by atoms with Crippen LogP contribution in [-0.2, 0) is 38.9 Å². The molecule has 0 radical (unpaired) electrons. The topological polar surface area (TPSA) is 131 Å². The highest BCUT2D eigenvalue weighted by atomic mass is 32.2. The number of fused-ring (bicyclic) bond motifs is 5. The number of hydrogen-bond acceptors (Lipinski definition) is 7. The van der Waals surface area contributed by atoms with Gasteiger partial charge >= 0.3 is 21.7 Å². The summed E-state index contributed by atoms with van der Waals surface area (Å²) in [4.78, 5) is 35.9. The number of aromatic amines is 1. The minimum atomic E-state index is -5.78. The largest absolute Gasteiger partial charge is 0.534 e. The summed E-state index contributed by atoms with van der Waals surface area (Å²) in [7, 11) is -4.51. The zero-order valence-electron chi connectivity index (χ0n) is 29.7. The molecule has 1 saturated heterocycles. The van der Waals surface area contributed by atoms with Gasteiger partial charge in [-0.3, -0.25) is 4.79 Å². The molecule has 4 aliphatic rings. The first-order valence-electron chi connectivity index (χ1n) is 18.2. The van der Waals surface area contributed by atoms with Crippen molar-refractivity contribution >= 4 is 33.2 Å². The van der Waals surface area contributed by atoms with Crippen molar-refractivity contribution in [2.75, 3.05) is 13.7 Å². The van der Waals surface area contributed by atoms with E-state index < -0.39 is 27.8 Å². The minimum Gasteiger partial charge on any atom is -0.453 e. The van der Waals surface area contributed by atoms with Gasteiger partial charge in [-0.25, -0.2) is 9.78 Å². The molecule has 4 atom stereocenters. The van der Waals surface area contributed by atoms with E-state index in [0.717, 1.165) is 71.0 Å². The lowest BCUT2D eigenvalue weighted by Gasteiger charge is -2.32. The van der Waals surface area contributed by atoms with Crippen LogP contribution in [0.25, 0.3) is 33.3 Å². The second kappa shape index (κ2) is 13.1. The van der Waals surface area contributed by atoms with Crippen molar-refractivity contribution in [3.63, 3.8) is 0 Å². The molecule has 14 heteroatoms. The summed E-state index contributed by atoms with van der Waals surface area (Å²) in [6.07, 6.45) is 5.80. The second-order valence-electron chi connectivity index (χ2n) is 15.0. The number of carbonyl (C=O) groups excluding carboxylic acids is 2. The van der Waals surface area contributed by atoms with Crippen LogP contribution in [0.2, 0.25) is 0 Å². The predicted molar refractivity (Wildman–Crippen MR) is 192 cm³/mol. The van der Waals surface area contributed by atoms with Gasteiger partial charge in [0, 0.05) is 6.54 Å². The molecule has 0 bridgehead atoms. The molecule has 8 rings (SSSR count). The van der Waals surface area contributed by atoms with E-state index in [1.807, 2.05) is 19.9 Å². The third kappa shape index (κ3) is 6.02. The maximum absolute atomic E-state index is 13.7. The van der Waals surface area contributed by atoms with Gasteiger partial charge in [-0.15, -0.1) is 0 Å². The van der Waals surface area contributed by atoms with Gasteiger partial charge in [-0.1, -0.05) is 38.1 Å². The van der Waals surface area contributed by atoms with Crippen LogP contribution >= 0.6 is 0 Å². The van der Waals surface area contributed by atoms with E-state index in [4.69, 9.17) is 9.72 Å². The summed E-state index contributed by atoms with van der Waals surface area (Å²) in [5, 5.41) is 2.69. The number of hydrogen-bond donors (Lipinski definition) is 2. The van der Waals surface area contributed by atoms with Crippen molar-refractivity contribution < 1.29 is 40.1 Å². The van der Waals surface area contributed by atoms with E-state index in [1.54, 1.807) is 11.0 Å². The maximum Gasteiger partial charge on any atom is 0.534 e. The Labute approximate surface area is 305 Å². The first-order chi connectivity index (χ1) is 25.3. The van der Waals surface area contributed by atoms with E-state index in [1.165, 1.54) is 24.3 Å². The number of benzene rings is 3. The average molecular weight is 751 g/mol. The van der Waals surface area contributed by atoms with Crippen LogP contribution < -0.4 is 9.50 Å². The molecule has 3 aliphatic carbocycles. The van der Waals surface area contributed by atoms with Crippen molar-refractivity contribution in [1.29, 1.82) is 0 Å². The lowest BCUT2D eigenvalue weighted by Crippen LogP contribution is -2.51. The molecular weight excluding hydrogens is 710 g/mol. The summed E-state index contributed by atoms with van der Waals surface area (Å²) in [6.45, 7) is 4.33. The molecule has 1 aliphatic heterocycles. The smallest absolute Gasteiger partial charge is 0.453 e. The number of carbonyl (C=O) groups is 2. The van der Waals surface area contributed by atoms with Crippen molar-refractivity contribution in [3.8, 4) is 28.0 Å². The Hall–Kier alpha value is -4.59. The standard InChI is InChI=1S/C39H41F3N4O6S/c1-20(2)35(45-38(48)51-3)37(47)46-17-5-8-32(46)36-43-30-15-10-22(19-31(30)44-36)23-12-13-28(34-24-11-9-21(24)18-29(23)34)26-14-16-33(27-7-4-6-25(26)27)52-53(49,50)39(40,41)42/h10,12-16,19-21,24,32,35H,4-9,11,17-18H2,1-3H3,(H,43,44)(H,45,48)/t21?,24?,32-,35-/m0/s1. The Morgan fingerprint density at radius 2 is 1.72 bits per heavy atom. The van der Waals surface area contributed by atoms with Gasteiger partial charge in [0.15, 0.2) is 0 Å². The van der Waals surface area contributed by atoms with Crippen LogP contribution in [0, 0.1) is 11.8 Å². The average Bonchev–Trinajstić information content (AvgIpc) is 3.91. The molecule has 10 nitrogen and oxygen atoms in total. The minimum absolute atomic E-state index is 0.138. The van der Waals surface area contributed by atoms with Crippen molar-refractivity contribution in [2.24, 2.45) is 11.8 Å². The van der Waals surface area contributed by atoms with Gasteiger partial charge in [0.1, 0.15) is 17.6 Å². The zero-order chi connectivity index (χ0) is 37.4. The number of H-pyrrole nitrogens is 1. The van der Waals surface area contributed by atoms with Crippen LogP contribution in [0.1, 0.15) is 86.0 Å². The normalized spacial score (nSPS) is 21.3. The number of halogens is 3. The molecule has 1 aromatic heterocycles. The number of ether oxygens (including phenoxy) is 1. The zero-order valence-corrected chi connectivity index (χ0v) is 30.5. The molecular formula is C39H41F3N4O6S. The molecule has 53 heavy (non-hydrogen) atoms. The highest BCUT2D eigenvalue weighted by Gasteiger charge is 2.49. The number of nitrogens with one attached hydrogen (secondary N) is 2. The van der Waals surface area contributed by atoms with Gasteiger partial charge in [-0.05, 0) is 132 Å². The number of amides is 2. The van der Waals surface area contributed by atoms with Crippen LogP contribution in [0.5, 0.6) is 5.75 Å². The Bertz CT molecular complexity index is 2250. The fraction of sp³-hybridized carbons (Fsp3) is 0.462. The van der Waals surface area contributed by atoms with Gasteiger partial charge in [0.2, 0.25) is 5.91 Å². The Balaban J connectivity index is 1.12. The van der Waals surface area contributed by atoms with Gasteiger partial charge in [-0.2, -0.15) is 21.6 Å². The molecule has 0 spiro atoms. The number of methoxy groups -OCH3 is 1. The number of imidazole rings is 1. The molecule has 2 fully saturated rings. The first kappa shape index (κ1) is 35.4. The molecule has 2 unspecified atom stereocenters. The summed E-state index contributed by atoms with van der Waals surface area (Å²) >= 11 is 0. The fourth-order valence-electron chi connectivity index (χ4n) is 8.99. The summed E-state index contributed by atoms with van der Waals surface area (Å²) in [5.41, 5.74) is 4.18. The van der Waals surface area contributed by atoms with Crippen molar-refractivity contribution in [2.45, 2.75) is 88.7 Å². The number of rotatable bonds is 8. The summed E-state index contributed by atoms with van der Waals surface area (Å²) in [6, 6.07) is 12.5. The first-order valence-corrected chi connectivity index (χ1v) is 19.6. The fourth-order valence-corrected chi connectivity index (χ4v) is 9.47. The Kier molecular flexibility index (Phi) is 8.74. The van der Waals surface area contributed by atoms with Crippen LogP contribution in [0.15, 0.2) is 42.5 Å². The third-order valence-corrected chi connectivity index (χ3v) is 12.6. The number of alkyl carbamates (subject to hydrolysis) is 1. The molecule has 2 N–H and O–H groups in total. The highest BCUT2D eigenvalue weighted by molar-refractivity contribution is 7.88. The molecule has 2 heterocycles. The monoisotopic (exact) mass is 750 g/mol. The quantitative estimate of drug-likeness (QED) is 0.139. The van der Waals surface area contributed by atoms with E-state index in [-0.39, 0.29) is 23.6 Å². The van der Waals surface area contributed by atoms with Crippen molar-refractivity contribution in [1.82, 2.24) is 20.2 Å². The summed E-state index contributed by atoms with van der Waals surface area (Å²) < 4.78 is 72.7. The summed E-state index contributed by atoms with van der Waals surface area (Å²) in [5.74, 6) is 1.05. The van der Waals surface area contributed by atoms with Crippen LogP contribution in [0.3, 0.4) is 0 Å². The third-order valence-electron chi connectivity index (χ3n) is 11.7. The molecule has 280 valence electrons. The highest BCUT2D eigenvalue weighted by Crippen LogP contribution is 2.57. The number of alkyl halides is 3. The molecule has 4 aromatic rings. The Morgan fingerprint density at radius 3 is 2.43 bits per heavy atom.